The van der Waals surface area contributed by atoms with Crippen molar-refractivity contribution in [1.82, 2.24) is 10.6 Å². The Kier molecular flexibility index (Phi) is 6.33. The van der Waals surface area contributed by atoms with E-state index in [9.17, 15) is 18.7 Å². The Bertz CT molecular complexity index is 437. The Balaban J connectivity index is 2.79. The summed E-state index contributed by atoms with van der Waals surface area (Å²) in [4.78, 5) is 10.7. The van der Waals surface area contributed by atoms with Gasteiger partial charge in [-0.25, -0.2) is 13.6 Å². The van der Waals surface area contributed by atoms with E-state index >= 15 is 0 Å². The molecule has 0 bridgehead atoms. The molecule has 0 unspecified atom stereocenters. The average molecular weight is 288 g/mol. The molecule has 0 aliphatic rings. The zero-order valence-electron chi connectivity index (χ0n) is 11.1. The van der Waals surface area contributed by atoms with Crippen LogP contribution < -0.4 is 10.6 Å². The number of amides is 1. The van der Waals surface area contributed by atoms with Gasteiger partial charge in [0.15, 0.2) is 0 Å². The largest absolute Gasteiger partial charge is 0.465 e. The lowest BCUT2D eigenvalue weighted by Crippen LogP contribution is -2.48. The van der Waals surface area contributed by atoms with Crippen molar-refractivity contribution in [1.29, 1.82) is 0 Å². The molecule has 1 aromatic rings. The zero-order valence-corrected chi connectivity index (χ0v) is 11.1. The van der Waals surface area contributed by atoms with Crippen molar-refractivity contribution in [3.8, 4) is 0 Å². The van der Waals surface area contributed by atoms with Crippen molar-refractivity contribution >= 4 is 6.09 Å². The van der Waals surface area contributed by atoms with Gasteiger partial charge in [0.25, 0.3) is 0 Å². The summed E-state index contributed by atoms with van der Waals surface area (Å²) in [5.74, 6) is -1.48. The van der Waals surface area contributed by atoms with E-state index in [4.69, 9.17) is 5.11 Å². The van der Waals surface area contributed by atoms with E-state index in [0.29, 0.717) is 6.54 Å². The number of aliphatic hydroxyl groups excluding tert-OH is 1. The van der Waals surface area contributed by atoms with Crippen LogP contribution >= 0.6 is 0 Å². The van der Waals surface area contributed by atoms with Gasteiger partial charge in [0.1, 0.15) is 11.6 Å². The van der Waals surface area contributed by atoms with Gasteiger partial charge >= 0.3 is 6.09 Å². The smallest absolute Gasteiger partial charge is 0.404 e. The zero-order chi connectivity index (χ0) is 15.1. The van der Waals surface area contributed by atoms with Crippen LogP contribution in [0.15, 0.2) is 18.2 Å². The third-order valence-electron chi connectivity index (χ3n) is 2.75. The van der Waals surface area contributed by atoms with E-state index in [1.54, 1.807) is 0 Å². The Morgan fingerprint density at radius 3 is 2.40 bits per heavy atom. The predicted octanol–water partition coefficient (Wildman–Crippen LogP) is 1.11. The summed E-state index contributed by atoms with van der Waals surface area (Å²) in [6.07, 6.45) is -2.31. The minimum Gasteiger partial charge on any atom is -0.465 e. The van der Waals surface area contributed by atoms with Crippen molar-refractivity contribution < 1.29 is 23.8 Å². The number of hydrogen-bond donors (Lipinski definition) is 4. The molecular formula is C13H18F2N2O3. The number of halogens is 2. The Hall–Kier alpha value is -1.73. The van der Waals surface area contributed by atoms with E-state index in [2.05, 4.69) is 10.6 Å². The summed E-state index contributed by atoms with van der Waals surface area (Å²) >= 11 is 0. The number of rotatable bonds is 7. The van der Waals surface area contributed by atoms with Crippen LogP contribution in [0.5, 0.6) is 0 Å². The fourth-order valence-electron chi connectivity index (χ4n) is 1.86. The number of benzene rings is 1. The standard InChI is InChI=1S/C13H18F2N2O3/c1-2-16-7-12(18)11(17-13(19)20)5-8-3-9(14)6-10(15)4-8/h3-4,6,11-12,16-18H,2,5,7H2,1H3,(H,19,20)/t11-,12-/m0/s1. The van der Waals surface area contributed by atoms with Gasteiger partial charge in [-0.3, -0.25) is 0 Å². The predicted molar refractivity (Wildman–Crippen MR) is 69.6 cm³/mol. The normalized spacial score (nSPS) is 13.8. The third kappa shape index (κ3) is 5.50. The monoisotopic (exact) mass is 288 g/mol. The number of likely N-dealkylation sites (N-methyl/N-ethyl adjacent to an activating group) is 1. The first-order valence-corrected chi connectivity index (χ1v) is 6.25. The Labute approximate surface area is 115 Å². The number of nitrogens with one attached hydrogen (secondary N) is 2. The van der Waals surface area contributed by atoms with Gasteiger partial charge in [-0.15, -0.1) is 0 Å². The first-order valence-electron chi connectivity index (χ1n) is 6.25. The second-order valence-electron chi connectivity index (χ2n) is 4.41. The number of aliphatic hydroxyl groups is 1. The van der Waals surface area contributed by atoms with Crippen molar-refractivity contribution in [3.63, 3.8) is 0 Å². The van der Waals surface area contributed by atoms with E-state index in [1.807, 2.05) is 6.92 Å². The second-order valence-corrected chi connectivity index (χ2v) is 4.41. The van der Waals surface area contributed by atoms with Crippen molar-refractivity contribution in [2.75, 3.05) is 13.1 Å². The molecule has 0 spiro atoms. The average Bonchev–Trinajstić information content (AvgIpc) is 2.33. The fraction of sp³-hybridized carbons (Fsp3) is 0.462. The number of carbonyl (C=O) groups is 1. The van der Waals surface area contributed by atoms with E-state index in [1.165, 1.54) is 0 Å². The molecule has 1 aromatic carbocycles. The van der Waals surface area contributed by atoms with Crippen LogP contribution in [0.4, 0.5) is 13.6 Å². The van der Waals surface area contributed by atoms with Crippen LogP contribution in [0.25, 0.3) is 0 Å². The number of hydrogen-bond acceptors (Lipinski definition) is 3. The van der Waals surface area contributed by atoms with E-state index in [-0.39, 0.29) is 18.5 Å². The molecule has 20 heavy (non-hydrogen) atoms. The van der Waals surface area contributed by atoms with E-state index < -0.39 is 29.9 Å². The summed E-state index contributed by atoms with van der Waals surface area (Å²) in [5, 5.41) is 23.7. The molecule has 0 aliphatic carbocycles. The molecule has 0 radical (unpaired) electrons. The van der Waals surface area contributed by atoms with Crippen LogP contribution in [0.2, 0.25) is 0 Å². The maximum atomic E-state index is 13.1. The maximum absolute atomic E-state index is 13.1. The van der Waals surface area contributed by atoms with E-state index in [0.717, 1.165) is 18.2 Å². The third-order valence-corrected chi connectivity index (χ3v) is 2.75. The second kappa shape index (κ2) is 7.76. The first kappa shape index (κ1) is 16.3. The lowest BCUT2D eigenvalue weighted by atomic mass is 10.0. The van der Waals surface area contributed by atoms with Crippen LogP contribution in [0, 0.1) is 11.6 Å². The lowest BCUT2D eigenvalue weighted by molar-refractivity contribution is 0.118. The van der Waals surface area contributed by atoms with Gasteiger partial charge in [0.2, 0.25) is 0 Å². The molecule has 5 nitrogen and oxygen atoms in total. The van der Waals surface area contributed by atoms with Gasteiger partial charge in [0, 0.05) is 12.6 Å². The summed E-state index contributed by atoms with van der Waals surface area (Å²) in [5.41, 5.74) is 0.275. The molecule has 0 aliphatic heterocycles. The molecule has 7 heteroatoms. The van der Waals surface area contributed by atoms with Crippen LogP contribution in [0.1, 0.15) is 12.5 Å². The molecule has 0 heterocycles. The SMILES string of the molecule is CCNC[C@H](O)[C@H](Cc1cc(F)cc(F)c1)NC(=O)O. The van der Waals surface area contributed by atoms with Crippen LogP contribution in [0.3, 0.4) is 0 Å². The van der Waals surface area contributed by atoms with Gasteiger partial charge < -0.3 is 20.8 Å². The summed E-state index contributed by atoms with van der Waals surface area (Å²) in [6.45, 7) is 2.64. The Morgan fingerprint density at radius 1 is 1.30 bits per heavy atom. The number of carboxylic acid groups (broad SMARTS) is 1. The highest BCUT2D eigenvalue weighted by Gasteiger charge is 2.21. The molecule has 2 atom stereocenters. The van der Waals surface area contributed by atoms with Crippen molar-refractivity contribution in [3.05, 3.63) is 35.4 Å². The summed E-state index contributed by atoms with van der Waals surface area (Å²) in [7, 11) is 0. The highest BCUT2D eigenvalue weighted by molar-refractivity contribution is 5.65. The molecule has 112 valence electrons. The molecule has 0 saturated carbocycles. The highest BCUT2D eigenvalue weighted by Crippen LogP contribution is 2.11. The van der Waals surface area contributed by atoms with Gasteiger partial charge in [0.05, 0.1) is 12.1 Å². The van der Waals surface area contributed by atoms with Crippen LogP contribution in [-0.2, 0) is 6.42 Å². The van der Waals surface area contributed by atoms with Crippen LogP contribution in [-0.4, -0.2) is 41.5 Å². The van der Waals surface area contributed by atoms with Crippen molar-refractivity contribution in [2.45, 2.75) is 25.5 Å². The molecule has 0 aromatic heterocycles. The molecular weight excluding hydrogens is 270 g/mol. The summed E-state index contributed by atoms with van der Waals surface area (Å²) < 4.78 is 26.2. The van der Waals surface area contributed by atoms with Gasteiger partial charge in [-0.1, -0.05) is 6.92 Å². The minimum atomic E-state index is -1.30. The fourth-order valence-corrected chi connectivity index (χ4v) is 1.86. The first-order chi connectivity index (χ1) is 9.42. The highest BCUT2D eigenvalue weighted by atomic mass is 19.1. The molecule has 0 fully saturated rings. The van der Waals surface area contributed by atoms with Crippen molar-refractivity contribution in [2.24, 2.45) is 0 Å². The quantitative estimate of drug-likeness (QED) is 0.606. The molecule has 1 amide bonds. The minimum absolute atomic E-state index is 0.00641. The molecule has 1 rings (SSSR count). The van der Waals surface area contributed by atoms with Gasteiger partial charge in [-0.05, 0) is 30.7 Å². The topological polar surface area (TPSA) is 81.6 Å². The maximum Gasteiger partial charge on any atom is 0.404 e. The Morgan fingerprint density at radius 2 is 1.90 bits per heavy atom. The van der Waals surface area contributed by atoms with Gasteiger partial charge in [-0.2, -0.15) is 0 Å². The summed E-state index contributed by atoms with van der Waals surface area (Å²) in [6, 6.07) is 2.10. The molecule has 0 saturated heterocycles. The lowest BCUT2D eigenvalue weighted by Gasteiger charge is -2.23. The molecule has 4 N–H and O–H groups in total.